The number of aryl methyl sites for hydroxylation is 3. The number of ether oxygens (including phenoxy) is 1. The summed E-state index contributed by atoms with van der Waals surface area (Å²) in [5.74, 6) is 2.72. The van der Waals surface area contributed by atoms with Crippen LogP contribution in [0, 0.1) is 32.6 Å². The predicted molar refractivity (Wildman–Crippen MR) is 256 cm³/mol. The Morgan fingerprint density at radius 3 is 2.22 bits per heavy atom. The van der Waals surface area contributed by atoms with E-state index < -0.39 is 0 Å². The second-order valence-corrected chi connectivity index (χ2v) is 16.6. The highest BCUT2D eigenvalue weighted by Crippen LogP contribution is 2.39. The molecule has 13 heteroatoms. The lowest BCUT2D eigenvalue weighted by molar-refractivity contribution is -0.136. The van der Waals surface area contributed by atoms with Crippen LogP contribution in [-0.4, -0.2) is 64.4 Å². The van der Waals surface area contributed by atoms with Gasteiger partial charge in [0.05, 0.1) is 0 Å². The Kier molecular flexibility index (Phi) is 24.1. The molecule has 2 unspecified atom stereocenters. The lowest BCUT2D eigenvalue weighted by Crippen LogP contribution is -2.40. The molecule has 2 aromatic carbocycles. The van der Waals surface area contributed by atoms with Crippen molar-refractivity contribution in [3.63, 3.8) is 0 Å². The van der Waals surface area contributed by atoms with Crippen molar-refractivity contribution < 1.29 is 28.7 Å². The van der Waals surface area contributed by atoms with Gasteiger partial charge in [0.25, 0.3) is 5.91 Å². The molecule has 0 bridgehead atoms. The SMILES string of the molecule is C=C(c1ccc(CC)cc1)c1c(-n2c(C)nnc2CC(C)CC)sc(C)c1C.CC.CCC1CCC(=O)NC1=O.CCc1c(C=O)cccc1OCC(=O)NCCCCNC(C)=O. The number of carbonyl (C=O) groups is 5. The number of thiophene rings is 1. The van der Waals surface area contributed by atoms with Crippen LogP contribution in [0.3, 0.4) is 0 Å². The number of aldehydes is 1. The van der Waals surface area contributed by atoms with Crippen LogP contribution in [0.2, 0.25) is 0 Å². The number of unbranched alkanes of at least 4 members (excludes halogenated alkanes) is 1. The molecule has 2 atom stereocenters. The van der Waals surface area contributed by atoms with Gasteiger partial charge in [-0.25, -0.2) is 0 Å². The maximum absolute atomic E-state index is 11.7. The summed E-state index contributed by atoms with van der Waals surface area (Å²) < 4.78 is 7.76. The van der Waals surface area contributed by atoms with Crippen LogP contribution in [0.4, 0.5) is 0 Å². The van der Waals surface area contributed by atoms with Gasteiger partial charge in [0.15, 0.2) is 6.61 Å². The summed E-state index contributed by atoms with van der Waals surface area (Å²) in [5.41, 5.74) is 7.51. The van der Waals surface area contributed by atoms with E-state index in [4.69, 9.17) is 4.74 Å². The van der Waals surface area contributed by atoms with Gasteiger partial charge >= 0.3 is 0 Å². The largest absolute Gasteiger partial charge is 0.483 e. The Hall–Kier alpha value is -5.43. The zero-order valence-corrected chi connectivity index (χ0v) is 40.5. The molecule has 0 radical (unpaired) electrons. The first-order chi connectivity index (χ1) is 30.2. The molecule has 4 aromatic rings. The summed E-state index contributed by atoms with van der Waals surface area (Å²) in [5, 5.41) is 17.9. The summed E-state index contributed by atoms with van der Waals surface area (Å²) in [7, 11) is 0. The molecule has 1 aliphatic rings. The Balaban J connectivity index is 0.000000349. The number of piperidine rings is 1. The van der Waals surface area contributed by atoms with Crippen LogP contribution in [0.5, 0.6) is 5.75 Å². The van der Waals surface area contributed by atoms with Gasteiger partial charge < -0.3 is 15.4 Å². The Morgan fingerprint density at radius 2 is 1.65 bits per heavy atom. The highest BCUT2D eigenvalue weighted by atomic mass is 32.1. The normalized spacial score (nSPS) is 13.4. The number of rotatable bonds is 18. The van der Waals surface area contributed by atoms with Crippen molar-refractivity contribution in [1.29, 1.82) is 0 Å². The fourth-order valence-electron chi connectivity index (χ4n) is 6.74. The smallest absolute Gasteiger partial charge is 0.257 e. The maximum atomic E-state index is 11.7. The second kappa shape index (κ2) is 28.3. The lowest BCUT2D eigenvalue weighted by Gasteiger charge is -2.18. The molecular formula is C50H72N6O6S. The number of amides is 4. The average molecular weight is 885 g/mol. The van der Waals surface area contributed by atoms with Crippen LogP contribution in [0.15, 0.2) is 49.0 Å². The summed E-state index contributed by atoms with van der Waals surface area (Å²) in [6.45, 7) is 28.0. The molecule has 63 heavy (non-hydrogen) atoms. The molecule has 1 aliphatic heterocycles. The van der Waals surface area contributed by atoms with Crippen molar-refractivity contribution in [3.8, 4) is 10.8 Å². The minimum absolute atomic E-state index is 0.0493. The number of carbonyl (C=O) groups excluding carboxylic acids is 5. The maximum Gasteiger partial charge on any atom is 0.257 e. The van der Waals surface area contributed by atoms with Crippen molar-refractivity contribution >= 4 is 46.8 Å². The van der Waals surface area contributed by atoms with Gasteiger partial charge in [-0.1, -0.05) is 97.9 Å². The number of aromatic nitrogens is 3. The van der Waals surface area contributed by atoms with E-state index in [1.165, 1.54) is 39.1 Å². The van der Waals surface area contributed by atoms with Gasteiger partial charge in [0.2, 0.25) is 17.7 Å². The Bertz CT molecular complexity index is 2100. The van der Waals surface area contributed by atoms with Crippen LogP contribution in [0.1, 0.15) is 149 Å². The lowest BCUT2D eigenvalue weighted by atomic mass is 9.96. The van der Waals surface area contributed by atoms with E-state index in [1.807, 2.05) is 46.0 Å². The van der Waals surface area contributed by atoms with Crippen LogP contribution >= 0.6 is 11.3 Å². The van der Waals surface area contributed by atoms with E-state index >= 15 is 0 Å². The van der Waals surface area contributed by atoms with Gasteiger partial charge in [-0.05, 0) is 93.5 Å². The minimum Gasteiger partial charge on any atom is -0.483 e. The molecule has 4 amide bonds. The highest BCUT2D eigenvalue weighted by molar-refractivity contribution is 7.15. The van der Waals surface area contributed by atoms with E-state index in [0.29, 0.717) is 43.2 Å². The molecule has 3 heterocycles. The summed E-state index contributed by atoms with van der Waals surface area (Å²) in [6, 6.07) is 14.0. The van der Waals surface area contributed by atoms with E-state index in [1.54, 1.807) is 18.2 Å². The van der Waals surface area contributed by atoms with Crippen LogP contribution < -0.4 is 20.7 Å². The third-order valence-corrected chi connectivity index (χ3v) is 12.0. The zero-order chi connectivity index (χ0) is 47.1. The van der Waals surface area contributed by atoms with E-state index in [-0.39, 0.29) is 36.2 Å². The van der Waals surface area contributed by atoms with Crippen LogP contribution in [-0.2, 0) is 38.4 Å². The molecule has 2 aromatic heterocycles. The van der Waals surface area contributed by atoms with Crippen LogP contribution in [0.25, 0.3) is 10.6 Å². The van der Waals surface area contributed by atoms with Crippen molar-refractivity contribution in [1.82, 2.24) is 30.7 Å². The topological polar surface area (TPSA) is 161 Å². The number of benzene rings is 2. The van der Waals surface area contributed by atoms with Gasteiger partial charge in [0.1, 0.15) is 28.7 Å². The molecule has 5 rings (SSSR count). The van der Waals surface area contributed by atoms with Crippen molar-refractivity contribution in [2.75, 3.05) is 19.7 Å². The molecule has 0 aliphatic carbocycles. The Labute approximate surface area is 380 Å². The fraction of sp³-hybridized carbons (Fsp3) is 0.500. The third-order valence-electron chi connectivity index (χ3n) is 10.9. The van der Waals surface area contributed by atoms with Crippen molar-refractivity contribution in [2.24, 2.45) is 11.8 Å². The van der Waals surface area contributed by atoms with Gasteiger partial charge in [-0.3, -0.25) is 33.9 Å². The molecule has 1 fully saturated rings. The summed E-state index contributed by atoms with van der Waals surface area (Å²) in [6.07, 6.45) is 8.23. The molecule has 3 N–H and O–H groups in total. The Morgan fingerprint density at radius 1 is 0.984 bits per heavy atom. The number of hydrogen-bond acceptors (Lipinski definition) is 9. The minimum atomic E-state index is -0.205. The number of nitrogens with one attached hydrogen (secondary N) is 3. The van der Waals surface area contributed by atoms with Gasteiger partial charge in [0, 0.05) is 60.3 Å². The van der Waals surface area contributed by atoms with E-state index in [9.17, 15) is 24.0 Å². The molecule has 344 valence electrons. The highest BCUT2D eigenvalue weighted by Gasteiger charge is 2.25. The number of nitrogens with zero attached hydrogens (tertiary/aromatic N) is 3. The van der Waals surface area contributed by atoms with Gasteiger partial charge in [-0.2, -0.15) is 0 Å². The molecule has 1 saturated heterocycles. The van der Waals surface area contributed by atoms with Crippen molar-refractivity contribution in [2.45, 2.75) is 134 Å². The second-order valence-electron chi connectivity index (χ2n) is 15.4. The summed E-state index contributed by atoms with van der Waals surface area (Å²) in [4.78, 5) is 56.2. The first-order valence-electron chi connectivity index (χ1n) is 22.5. The first kappa shape index (κ1) is 53.7. The fourth-order valence-corrected chi connectivity index (χ4v) is 7.99. The van der Waals surface area contributed by atoms with Gasteiger partial charge in [-0.15, -0.1) is 21.5 Å². The molecule has 0 saturated carbocycles. The predicted octanol–water partition coefficient (Wildman–Crippen LogP) is 9.41. The molecule has 12 nitrogen and oxygen atoms in total. The third kappa shape index (κ3) is 16.7. The molecular weight excluding hydrogens is 813 g/mol. The van der Waals surface area contributed by atoms with E-state index in [2.05, 4.69) is 96.2 Å². The standard InChI is InChI=1S/C24H31N3S.C17H24N2O4.C7H11NO2.C2H6/c1-8-15(3)14-22-26-25-19(7)27(22)24-23(16(4)18(6)28-24)17(5)21-12-10-20(9-2)11-13-21;1-3-15-14(11-20)7-6-8-16(15)23-12-17(22)19-10-5-4-9-18-13(2)21;1-2-5-3-4-6(9)8-7(5)10;1-2/h10-13,15H,5,8-9,14H2,1-4,6-7H3;6-8,11H,3-5,9-10,12H2,1-2H3,(H,18,21)(H,19,22);5H,2-4H2,1H3,(H,8,9,10);1-2H3. The summed E-state index contributed by atoms with van der Waals surface area (Å²) >= 11 is 1.81. The number of hydrogen-bond donors (Lipinski definition) is 3. The first-order valence-corrected chi connectivity index (χ1v) is 23.3. The molecule has 0 spiro atoms. The van der Waals surface area contributed by atoms with E-state index in [0.717, 1.165) is 74.0 Å². The zero-order valence-electron chi connectivity index (χ0n) is 39.7. The van der Waals surface area contributed by atoms with Crippen molar-refractivity contribution in [3.05, 3.63) is 99.0 Å². The quantitative estimate of drug-likeness (QED) is 0.0506. The number of imide groups is 1. The average Bonchev–Trinajstić information content (AvgIpc) is 3.79. The monoisotopic (exact) mass is 885 g/mol.